The van der Waals surface area contributed by atoms with E-state index in [4.69, 9.17) is 14.5 Å². The van der Waals surface area contributed by atoms with Crippen LogP contribution in [0.5, 0.6) is 0 Å². The quantitative estimate of drug-likeness (QED) is 0.592. The van der Waals surface area contributed by atoms with Crippen molar-refractivity contribution in [2.45, 2.75) is 89.6 Å². The second-order valence-electron chi connectivity index (χ2n) is 5.86. The van der Waals surface area contributed by atoms with E-state index in [1.54, 1.807) is 0 Å². The van der Waals surface area contributed by atoms with E-state index in [1.807, 2.05) is 13.8 Å². The highest BCUT2D eigenvalue weighted by molar-refractivity contribution is 4.74. The van der Waals surface area contributed by atoms with Crippen LogP contribution in [0.2, 0.25) is 0 Å². The highest BCUT2D eigenvalue weighted by Crippen LogP contribution is 2.39. The van der Waals surface area contributed by atoms with Gasteiger partial charge in [0.1, 0.15) is 0 Å². The van der Waals surface area contributed by atoms with Gasteiger partial charge in [-0.3, -0.25) is 0 Å². The van der Waals surface area contributed by atoms with Gasteiger partial charge in [-0.1, -0.05) is 38.5 Å². The van der Waals surface area contributed by atoms with E-state index in [2.05, 4.69) is 0 Å². The summed E-state index contributed by atoms with van der Waals surface area (Å²) >= 11 is 0. The Bertz CT molecular complexity index is 220. The zero-order chi connectivity index (χ0) is 12.2. The maximum absolute atomic E-state index is 6.01. The van der Waals surface area contributed by atoms with Crippen molar-refractivity contribution in [3.8, 4) is 0 Å². The maximum atomic E-state index is 6.01. The largest absolute Gasteiger partial charge is 0.313 e. The Morgan fingerprint density at radius 1 is 0.588 bits per heavy atom. The zero-order valence-corrected chi connectivity index (χ0v) is 11.3. The molecule has 0 aromatic rings. The van der Waals surface area contributed by atoms with Gasteiger partial charge < -0.3 is 4.74 Å². The van der Waals surface area contributed by atoms with Crippen molar-refractivity contribution in [1.29, 1.82) is 0 Å². The van der Waals surface area contributed by atoms with E-state index in [1.165, 1.54) is 38.5 Å². The predicted octanol–water partition coefficient (Wildman–Crippen LogP) is 4.31. The molecule has 0 aliphatic carbocycles. The third kappa shape index (κ3) is 3.94. The average molecular weight is 242 g/mol. The van der Waals surface area contributed by atoms with Crippen molar-refractivity contribution < 1.29 is 14.5 Å². The normalized spacial score (nSPS) is 41.3. The number of fused-ring (bicyclic) bond motifs is 2. The Hall–Kier alpha value is -0.120. The van der Waals surface area contributed by atoms with Gasteiger partial charge in [0.2, 0.25) is 11.6 Å². The molecule has 2 aliphatic heterocycles. The Kier molecular flexibility index (Phi) is 4.45. The van der Waals surface area contributed by atoms with Gasteiger partial charge in [-0.25, -0.2) is 0 Å². The standard InChI is InChI=1S/C14H26O3/c1-13-11-9-7-5-3-4-6-8-10-12-14(2,15-13)17-16-13/h3-12H2,1-2H3/t13-,14-/m1/s1. The second kappa shape index (κ2) is 5.68. The summed E-state index contributed by atoms with van der Waals surface area (Å²) in [6, 6.07) is 0. The van der Waals surface area contributed by atoms with Crippen LogP contribution in [0.3, 0.4) is 0 Å². The summed E-state index contributed by atoms with van der Waals surface area (Å²) in [6.07, 6.45) is 12.2. The van der Waals surface area contributed by atoms with Crippen LogP contribution in [0.15, 0.2) is 0 Å². The molecule has 0 aromatic carbocycles. The monoisotopic (exact) mass is 242 g/mol. The number of ether oxygens (including phenoxy) is 1. The van der Waals surface area contributed by atoms with Crippen LogP contribution in [-0.2, 0) is 14.5 Å². The molecule has 0 N–H and O–H groups in total. The molecule has 100 valence electrons. The van der Waals surface area contributed by atoms with Crippen LogP contribution in [0.1, 0.15) is 78.1 Å². The van der Waals surface area contributed by atoms with Crippen LogP contribution in [0, 0.1) is 0 Å². The van der Waals surface area contributed by atoms with Gasteiger partial charge in [-0.15, -0.1) is 0 Å². The molecule has 17 heavy (non-hydrogen) atoms. The zero-order valence-electron chi connectivity index (χ0n) is 11.3. The van der Waals surface area contributed by atoms with Crippen molar-refractivity contribution in [2.24, 2.45) is 0 Å². The molecule has 2 heterocycles. The molecule has 3 nitrogen and oxygen atoms in total. The van der Waals surface area contributed by atoms with E-state index < -0.39 is 11.6 Å². The molecule has 2 rings (SSSR count). The van der Waals surface area contributed by atoms with E-state index in [0.29, 0.717) is 0 Å². The first kappa shape index (κ1) is 13.3. The first-order chi connectivity index (χ1) is 8.12. The first-order valence-corrected chi connectivity index (χ1v) is 7.19. The van der Waals surface area contributed by atoms with E-state index >= 15 is 0 Å². The molecule has 2 saturated heterocycles. The fourth-order valence-corrected chi connectivity index (χ4v) is 2.81. The molecule has 2 bridgehead atoms. The minimum absolute atomic E-state index is 0.525. The first-order valence-electron chi connectivity index (χ1n) is 7.19. The van der Waals surface area contributed by atoms with Gasteiger partial charge in [-0.05, 0) is 26.7 Å². The number of hydrogen-bond donors (Lipinski definition) is 0. The highest BCUT2D eigenvalue weighted by Gasteiger charge is 2.46. The minimum Gasteiger partial charge on any atom is -0.313 e. The summed E-state index contributed by atoms with van der Waals surface area (Å²) in [7, 11) is 0. The van der Waals surface area contributed by atoms with E-state index in [0.717, 1.165) is 25.7 Å². The maximum Gasteiger partial charge on any atom is 0.202 e. The predicted molar refractivity (Wildman–Crippen MR) is 66.2 cm³/mol. The number of rotatable bonds is 0. The Balaban J connectivity index is 1.91. The minimum atomic E-state index is -0.525. The van der Waals surface area contributed by atoms with Gasteiger partial charge >= 0.3 is 0 Å². The Labute approximate surface area is 105 Å². The summed E-state index contributed by atoms with van der Waals surface area (Å²) in [4.78, 5) is 10.9. The molecule has 0 amide bonds. The lowest BCUT2D eigenvalue weighted by Crippen LogP contribution is -2.32. The second-order valence-corrected chi connectivity index (χ2v) is 5.86. The molecular formula is C14H26O3. The van der Waals surface area contributed by atoms with Crippen molar-refractivity contribution >= 4 is 0 Å². The molecule has 3 heteroatoms. The Morgan fingerprint density at radius 2 is 0.941 bits per heavy atom. The lowest BCUT2D eigenvalue weighted by atomic mass is 10.0. The molecule has 0 spiro atoms. The molecular weight excluding hydrogens is 216 g/mol. The van der Waals surface area contributed by atoms with Crippen LogP contribution >= 0.6 is 0 Å². The van der Waals surface area contributed by atoms with Crippen molar-refractivity contribution in [2.75, 3.05) is 0 Å². The van der Waals surface area contributed by atoms with Gasteiger partial charge in [0.25, 0.3) is 0 Å². The molecule has 0 aromatic heterocycles. The van der Waals surface area contributed by atoms with E-state index in [9.17, 15) is 0 Å². The number of hydrogen-bond acceptors (Lipinski definition) is 3. The van der Waals surface area contributed by atoms with Crippen LogP contribution in [0.25, 0.3) is 0 Å². The van der Waals surface area contributed by atoms with E-state index in [-0.39, 0.29) is 0 Å². The molecule has 0 radical (unpaired) electrons. The van der Waals surface area contributed by atoms with Gasteiger partial charge in [-0.2, -0.15) is 9.78 Å². The van der Waals surface area contributed by atoms with Gasteiger partial charge in [0, 0.05) is 12.8 Å². The SMILES string of the molecule is C[C@]12CCCCCCCCCC[C@@](C)(OO1)O2. The smallest absolute Gasteiger partial charge is 0.202 e. The molecule has 2 fully saturated rings. The molecule has 2 aliphatic rings. The fraction of sp³-hybridized carbons (Fsp3) is 1.00. The van der Waals surface area contributed by atoms with Crippen molar-refractivity contribution in [1.82, 2.24) is 0 Å². The summed E-state index contributed by atoms with van der Waals surface area (Å²) < 4.78 is 6.01. The van der Waals surface area contributed by atoms with Crippen molar-refractivity contribution in [3.63, 3.8) is 0 Å². The third-order valence-electron chi connectivity index (χ3n) is 3.84. The fourth-order valence-electron chi connectivity index (χ4n) is 2.81. The van der Waals surface area contributed by atoms with Crippen LogP contribution < -0.4 is 0 Å². The summed E-state index contributed by atoms with van der Waals surface area (Å²) in [5.41, 5.74) is 0. The third-order valence-corrected chi connectivity index (χ3v) is 3.84. The Morgan fingerprint density at radius 3 is 1.35 bits per heavy atom. The lowest BCUT2D eigenvalue weighted by molar-refractivity contribution is -0.346. The topological polar surface area (TPSA) is 27.7 Å². The highest BCUT2D eigenvalue weighted by atomic mass is 17.3. The molecule has 0 unspecified atom stereocenters. The van der Waals surface area contributed by atoms with Gasteiger partial charge in [0.05, 0.1) is 0 Å². The van der Waals surface area contributed by atoms with Crippen LogP contribution in [-0.4, -0.2) is 11.6 Å². The molecule has 0 saturated carbocycles. The van der Waals surface area contributed by atoms with Crippen molar-refractivity contribution in [3.05, 3.63) is 0 Å². The van der Waals surface area contributed by atoms with Crippen LogP contribution in [0.4, 0.5) is 0 Å². The average Bonchev–Trinajstić information content (AvgIpc) is 2.59. The summed E-state index contributed by atoms with van der Waals surface area (Å²) in [5, 5.41) is 0. The summed E-state index contributed by atoms with van der Waals surface area (Å²) in [5.74, 6) is -1.05. The lowest BCUT2D eigenvalue weighted by Gasteiger charge is -2.24. The molecule has 2 atom stereocenters. The van der Waals surface area contributed by atoms with Gasteiger partial charge in [0.15, 0.2) is 0 Å². The summed E-state index contributed by atoms with van der Waals surface area (Å²) in [6.45, 7) is 4.00.